The van der Waals surface area contributed by atoms with E-state index in [0.717, 1.165) is 6.42 Å². The number of aliphatic hydroxyl groups excluding tert-OH is 1. The highest BCUT2D eigenvalue weighted by atomic mass is 16.4. The summed E-state index contributed by atoms with van der Waals surface area (Å²) in [5, 5.41) is 20.3. The van der Waals surface area contributed by atoms with Gasteiger partial charge in [0.25, 0.3) is 0 Å². The molecule has 1 rings (SSSR count). The van der Waals surface area contributed by atoms with Gasteiger partial charge in [-0.3, -0.25) is 4.79 Å². The Labute approximate surface area is 120 Å². The second-order valence-corrected chi connectivity index (χ2v) is 5.45. The van der Waals surface area contributed by atoms with E-state index in [4.69, 9.17) is 4.42 Å². The van der Waals surface area contributed by atoms with Crippen LogP contribution in [0.2, 0.25) is 0 Å². The van der Waals surface area contributed by atoms with Crippen molar-refractivity contribution in [2.75, 3.05) is 6.54 Å². The van der Waals surface area contributed by atoms with E-state index >= 15 is 0 Å². The van der Waals surface area contributed by atoms with E-state index in [1.807, 2.05) is 27.7 Å². The van der Waals surface area contributed by atoms with Crippen LogP contribution in [-0.4, -0.2) is 33.9 Å². The van der Waals surface area contributed by atoms with E-state index in [1.165, 1.54) is 0 Å². The zero-order valence-electron chi connectivity index (χ0n) is 12.7. The minimum atomic E-state index is -0.500. The lowest BCUT2D eigenvalue weighted by Crippen LogP contribution is -2.35. The quantitative estimate of drug-likeness (QED) is 0.757. The minimum Gasteiger partial charge on any atom is -0.425 e. The number of hydrogen-bond acceptors (Lipinski definition) is 5. The second kappa shape index (κ2) is 7.99. The van der Waals surface area contributed by atoms with Crippen LogP contribution >= 0.6 is 0 Å². The van der Waals surface area contributed by atoms with Gasteiger partial charge in [-0.2, -0.15) is 0 Å². The molecule has 0 fully saturated rings. The first-order valence-corrected chi connectivity index (χ1v) is 7.21. The number of rotatable bonds is 8. The zero-order valence-corrected chi connectivity index (χ0v) is 12.7. The van der Waals surface area contributed by atoms with E-state index in [2.05, 4.69) is 15.5 Å². The fourth-order valence-corrected chi connectivity index (χ4v) is 1.60. The number of carbonyl (C=O) groups excluding carboxylic acids is 1. The molecular formula is C14H25N3O3. The van der Waals surface area contributed by atoms with Crippen molar-refractivity contribution in [2.24, 2.45) is 5.92 Å². The summed E-state index contributed by atoms with van der Waals surface area (Å²) in [4.78, 5) is 11.7. The summed E-state index contributed by atoms with van der Waals surface area (Å²) in [5.74, 6) is 1.33. The van der Waals surface area contributed by atoms with Gasteiger partial charge in [0, 0.05) is 25.3 Å². The molecule has 1 amide bonds. The zero-order chi connectivity index (χ0) is 15.1. The van der Waals surface area contributed by atoms with Gasteiger partial charge in [0.05, 0.1) is 6.10 Å². The third-order valence-electron chi connectivity index (χ3n) is 3.35. The van der Waals surface area contributed by atoms with Crippen LogP contribution in [0.5, 0.6) is 0 Å². The Morgan fingerprint density at radius 1 is 1.35 bits per heavy atom. The van der Waals surface area contributed by atoms with Gasteiger partial charge in [-0.15, -0.1) is 10.2 Å². The molecule has 0 aliphatic carbocycles. The van der Waals surface area contributed by atoms with E-state index in [-0.39, 0.29) is 30.7 Å². The third-order valence-corrected chi connectivity index (χ3v) is 3.35. The first-order valence-electron chi connectivity index (χ1n) is 7.21. The maximum atomic E-state index is 11.7. The lowest BCUT2D eigenvalue weighted by atomic mass is 10.0. The van der Waals surface area contributed by atoms with E-state index in [9.17, 15) is 9.90 Å². The third kappa shape index (κ3) is 5.28. The van der Waals surface area contributed by atoms with Gasteiger partial charge in [-0.05, 0) is 5.92 Å². The SMILES string of the molecule is CCC(C)C(O)CNC(=O)CCc1nnc(C(C)C)o1. The number of aromatic nitrogens is 2. The summed E-state index contributed by atoms with van der Waals surface area (Å²) < 4.78 is 5.43. The van der Waals surface area contributed by atoms with Crippen molar-refractivity contribution < 1.29 is 14.3 Å². The summed E-state index contributed by atoms with van der Waals surface area (Å²) in [7, 11) is 0. The predicted molar refractivity (Wildman–Crippen MR) is 75.2 cm³/mol. The molecule has 2 atom stereocenters. The molecule has 114 valence electrons. The molecule has 2 unspecified atom stereocenters. The van der Waals surface area contributed by atoms with Crippen LogP contribution < -0.4 is 5.32 Å². The topological polar surface area (TPSA) is 88.2 Å². The number of aliphatic hydroxyl groups is 1. The molecule has 0 spiro atoms. The van der Waals surface area contributed by atoms with Crippen LogP contribution in [0, 0.1) is 5.92 Å². The highest BCUT2D eigenvalue weighted by Gasteiger charge is 2.14. The highest BCUT2D eigenvalue weighted by molar-refractivity contribution is 5.76. The summed E-state index contributed by atoms with van der Waals surface area (Å²) >= 11 is 0. The van der Waals surface area contributed by atoms with Crippen molar-refractivity contribution in [3.63, 3.8) is 0 Å². The summed E-state index contributed by atoms with van der Waals surface area (Å²) in [5.41, 5.74) is 0. The van der Waals surface area contributed by atoms with E-state index in [0.29, 0.717) is 18.2 Å². The van der Waals surface area contributed by atoms with Crippen LogP contribution in [0.1, 0.15) is 58.2 Å². The Bertz CT molecular complexity index is 418. The Hall–Kier alpha value is -1.43. The number of amides is 1. The smallest absolute Gasteiger partial charge is 0.220 e. The summed E-state index contributed by atoms with van der Waals surface area (Å²) in [6, 6.07) is 0. The average molecular weight is 283 g/mol. The number of aryl methyl sites for hydroxylation is 1. The number of nitrogens with zero attached hydrogens (tertiary/aromatic N) is 2. The monoisotopic (exact) mass is 283 g/mol. The maximum Gasteiger partial charge on any atom is 0.220 e. The predicted octanol–water partition coefficient (Wildman–Crippen LogP) is 1.65. The van der Waals surface area contributed by atoms with Gasteiger partial charge in [-0.25, -0.2) is 0 Å². The molecule has 0 aromatic carbocycles. The van der Waals surface area contributed by atoms with E-state index in [1.54, 1.807) is 0 Å². The van der Waals surface area contributed by atoms with Gasteiger partial charge in [0.2, 0.25) is 17.7 Å². The standard InChI is InChI=1S/C14H25N3O3/c1-5-10(4)11(18)8-15-12(19)6-7-13-16-17-14(20-13)9(2)3/h9-11,18H,5-8H2,1-4H3,(H,15,19). The van der Waals surface area contributed by atoms with Crippen LogP contribution in [0.15, 0.2) is 4.42 Å². The number of nitrogens with one attached hydrogen (secondary N) is 1. The van der Waals surface area contributed by atoms with Crippen LogP contribution in [0.3, 0.4) is 0 Å². The van der Waals surface area contributed by atoms with Gasteiger partial charge in [0.1, 0.15) is 0 Å². The summed E-state index contributed by atoms with van der Waals surface area (Å²) in [6.07, 6.45) is 1.09. The Balaban J connectivity index is 2.29. The number of hydrogen-bond donors (Lipinski definition) is 2. The molecule has 20 heavy (non-hydrogen) atoms. The van der Waals surface area contributed by atoms with Crippen molar-refractivity contribution in [3.8, 4) is 0 Å². The average Bonchev–Trinajstić information content (AvgIpc) is 2.90. The molecule has 0 aliphatic heterocycles. The summed E-state index contributed by atoms with van der Waals surface area (Å²) in [6.45, 7) is 8.20. The molecular weight excluding hydrogens is 258 g/mol. The number of carbonyl (C=O) groups is 1. The molecule has 0 bridgehead atoms. The van der Waals surface area contributed by atoms with Crippen LogP contribution in [-0.2, 0) is 11.2 Å². The van der Waals surface area contributed by atoms with E-state index < -0.39 is 6.10 Å². The molecule has 0 radical (unpaired) electrons. The Kier molecular flexibility index (Phi) is 6.64. The van der Waals surface area contributed by atoms with Gasteiger partial charge in [0.15, 0.2) is 0 Å². The molecule has 0 saturated heterocycles. The fraction of sp³-hybridized carbons (Fsp3) is 0.786. The molecule has 6 heteroatoms. The van der Waals surface area contributed by atoms with Crippen molar-refractivity contribution in [2.45, 2.75) is 59.0 Å². The molecule has 2 N–H and O–H groups in total. The van der Waals surface area contributed by atoms with Crippen LogP contribution in [0.4, 0.5) is 0 Å². The molecule has 1 aromatic heterocycles. The molecule has 0 aliphatic rings. The molecule has 0 saturated carbocycles. The Morgan fingerprint density at radius 2 is 2.05 bits per heavy atom. The lowest BCUT2D eigenvalue weighted by molar-refractivity contribution is -0.121. The van der Waals surface area contributed by atoms with Crippen molar-refractivity contribution in [1.29, 1.82) is 0 Å². The second-order valence-electron chi connectivity index (χ2n) is 5.45. The molecule has 1 aromatic rings. The van der Waals surface area contributed by atoms with Crippen molar-refractivity contribution in [3.05, 3.63) is 11.8 Å². The first-order chi connectivity index (χ1) is 9.43. The van der Waals surface area contributed by atoms with Gasteiger partial charge in [-0.1, -0.05) is 34.1 Å². The first kappa shape index (κ1) is 16.6. The Morgan fingerprint density at radius 3 is 2.60 bits per heavy atom. The van der Waals surface area contributed by atoms with Crippen LogP contribution in [0.25, 0.3) is 0 Å². The highest BCUT2D eigenvalue weighted by Crippen LogP contribution is 2.12. The fourth-order valence-electron chi connectivity index (χ4n) is 1.60. The van der Waals surface area contributed by atoms with Crippen molar-refractivity contribution >= 4 is 5.91 Å². The largest absolute Gasteiger partial charge is 0.425 e. The molecule has 6 nitrogen and oxygen atoms in total. The maximum absolute atomic E-state index is 11.7. The van der Waals surface area contributed by atoms with Crippen molar-refractivity contribution in [1.82, 2.24) is 15.5 Å². The van der Waals surface area contributed by atoms with Gasteiger partial charge >= 0.3 is 0 Å². The lowest BCUT2D eigenvalue weighted by Gasteiger charge is -2.17. The normalized spacial score (nSPS) is 14.3. The molecule has 1 heterocycles. The van der Waals surface area contributed by atoms with Gasteiger partial charge < -0.3 is 14.8 Å². The minimum absolute atomic E-state index is 0.114.